The average Bonchev–Trinajstić information content (AvgIpc) is 3.76. The summed E-state index contributed by atoms with van der Waals surface area (Å²) in [5.41, 5.74) is 3.50. The van der Waals surface area contributed by atoms with E-state index in [-0.39, 0.29) is 29.1 Å². The first-order valence-corrected chi connectivity index (χ1v) is 20.0. The number of halogens is 3. The highest BCUT2D eigenvalue weighted by molar-refractivity contribution is 8.00. The lowest BCUT2D eigenvalue weighted by Crippen LogP contribution is -2.47. The number of aliphatic hydroxyl groups is 1. The minimum Gasteiger partial charge on any atom is -0.489 e. The van der Waals surface area contributed by atoms with Crippen LogP contribution in [0, 0.1) is 0 Å². The largest absolute Gasteiger partial charge is 0.489 e. The second-order valence-electron chi connectivity index (χ2n) is 14.3. The lowest BCUT2D eigenvalue weighted by Gasteiger charge is -2.37. The molecule has 0 saturated carbocycles. The Balaban J connectivity index is 1.01. The predicted octanol–water partition coefficient (Wildman–Crippen LogP) is 6.53. The molecular weight excluding hydrogens is 750 g/mol. The average molecular weight is 795 g/mol. The predicted molar refractivity (Wildman–Crippen MR) is 209 cm³/mol. The number of hydrogen-bond acceptors (Lipinski definition) is 9. The summed E-state index contributed by atoms with van der Waals surface area (Å²) in [6, 6.07) is 20.7. The van der Waals surface area contributed by atoms with Crippen LogP contribution in [-0.4, -0.2) is 91.4 Å². The molecule has 292 valence electrons. The van der Waals surface area contributed by atoms with E-state index in [9.17, 15) is 27.9 Å². The lowest BCUT2D eigenvalue weighted by molar-refractivity contribution is -0.139. The van der Waals surface area contributed by atoms with E-state index in [1.54, 1.807) is 28.9 Å². The molecule has 1 unspecified atom stereocenters. The number of nitrogens with zero attached hydrogens (tertiary/aromatic N) is 5. The van der Waals surface area contributed by atoms with Gasteiger partial charge in [-0.05, 0) is 61.2 Å². The van der Waals surface area contributed by atoms with Crippen LogP contribution < -0.4 is 10.1 Å². The zero-order valence-electron chi connectivity index (χ0n) is 30.4. The molecule has 2 fully saturated rings. The van der Waals surface area contributed by atoms with Gasteiger partial charge in [0, 0.05) is 85.6 Å². The van der Waals surface area contributed by atoms with E-state index in [0.717, 1.165) is 73.5 Å². The summed E-state index contributed by atoms with van der Waals surface area (Å²) in [6.07, 6.45) is -1.41. The van der Waals surface area contributed by atoms with Gasteiger partial charge in [0.1, 0.15) is 12.4 Å². The van der Waals surface area contributed by atoms with Crippen LogP contribution in [-0.2, 0) is 41.9 Å². The summed E-state index contributed by atoms with van der Waals surface area (Å²) in [5.74, 6) is 0.172. The number of anilines is 1. The van der Waals surface area contributed by atoms with E-state index in [2.05, 4.69) is 23.0 Å². The van der Waals surface area contributed by atoms with Crippen molar-refractivity contribution in [3.05, 3.63) is 95.2 Å². The third-order valence-corrected chi connectivity index (χ3v) is 11.8. The minimum absolute atomic E-state index is 0.0780. The van der Waals surface area contributed by atoms with Gasteiger partial charge in [-0.1, -0.05) is 49.2 Å². The first-order chi connectivity index (χ1) is 26.5. The van der Waals surface area contributed by atoms with Crippen LogP contribution in [0.2, 0.25) is 0 Å². The topological polar surface area (TPSA) is 103 Å². The smallest absolute Gasteiger partial charge is 0.417 e. The number of nitrogens with one attached hydrogen (secondary N) is 1. The summed E-state index contributed by atoms with van der Waals surface area (Å²) >= 11 is 5.39. The van der Waals surface area contributed by atoms with E-state index >= 15 is 0 Å². The molecule has 0 bridgehead atoms. The van der Waals surface area contributed by atoms with Gasteiger partial charge in [-0.2, -0.15) is 18.3 Å². The number of piperidine rings is 1. The zero-order valence-corrected chi connectivity index (χ0v) is 32.1. The molecule has 2 N–H and O–H groups in total. The fraction of sp³-hybridized carbons (Fsp3) is 0.425. The Bertz CT molecular complexity index is 1950. The number of thiol groups is 1. The standard InChI is InChI=1S/C40H45F3N6O4S2/c41-40(42,43)34-13-8-28(21-36(34)55-26-37(51)44-29-9-11-32(12-10-29)53-25-27-5-2-1-3-6-27)39-33-24-47(54)20-16-35(33)49(45-39)23-31(50)22-46-18-14-30(15-19-46)48-17-4-7-38(48)52/h1-3,5-6,8-13,21,30-31,50,54H,4,7,14-20,22-26H2,(H,44,51). The highest BCUT2D eigenvalue weighted by Crippen LogP contribution is 2.40. The third kappa shape index (κ3) is 9.87. The molecule has 0 radical (unpaired) electrons. The van der Waals surface area contributed by atoms with Gasteiger partial charge in [-0.3, -0.25) is 14.3 Å². The summed E-state index contributed by atoms with van der Waals surface area (Å²) in [4.78, 5) is 29.3. The maximum absolute atomic E-state index is 14.2. The Hall–Kier alpha value is -4.02. The van der Waals surface area contributed by atoms with E-state index in [1.165, 1.54) is 12.1 Å². The summed E-state index contributed by atoms with van der Waals surface area (Å²) in [6.45, 7) is 4.61. The number of aromatic nitrogens is 2. The van der Waals surface area contributed by atoms with E-state index < -0.39 is 23.8 Å². The number of amides is 2. The number of carbonyl (C=O) groups is 2. The van der Waals surface area contributed by atoms with Crippen LogP contribution in [0.3, 0.4) is 0 Å². The van der Waals surface area contributed by atoms with Gasteiger partial charge in [0.15, 0.2) is 0 Å². The highest BCUT2D eigenvalue weighted by Gasteiger charge is 2.35. The number of alkyl halides is 3. The molecule has 55 heavy (non-hydrogen) atoms. The Labute approximate surface area is 328 Å². The Morgan fingerprint density at radius 2 is 1.76 bits per heavy atom. The molecule has 2 amide bonds. The molecule has 0 aliphatic carbocycles. The maximum atomic E-state index is 14.2. The molecule has 15 heteroatoms. The number of carbonyl (C=O) groups excluding carboxylic acids is 2. The minimum atomic E-state index is -4.63. The first kappa shape index (κ1) is 39.2. The summed E-state index contributed by atoms with van der Waals surface area (Å²) in [7, 11) is 0. The summed E-state index contributed by atoms with van der Waals surface area (Å²) < 4.78 is 52.1. The third-order valence-electron chi connectivity index (χ3n) is 10.4. The van der Waals surface area contributed by atoms with Crippen molar-refractivity contribution in [2.45, 2.75) is 75.0 Å². The number of aliphatic hydroxyl groups excluding tert-OH is 1. The van der Waals surface area contributed by atoms with Gasteiger partial charge in [-0.25, -0.2) is 4.31 Å². The monoisotopic (exact) mass is 794 g/mol. The van der Waals surface area contributed by atoms with Gasteiger partial charge in [0.05, 0.1) is 29.7 Å². The van der Waals surface area contributed by atoms with Crippen molar-refractivity contribution in [3.8, 4) is 17.0 Å². The molecule has 4 heterocycles. The summed E-state index contributed by atoms with van der Waals surface area (Å²) in [5, 5.41) is 18.9. The number of hydrogen-bond donors (Lipinski definition) is 3. The number of ether oxygens (including phenoxy) is 1. The molecule has 2 saturated heterocycles. The molecule has 3 aromatic carbocycles. The van der Waals surface area contributed by atoms with Gasteiger partial charge >= 0.3 is 6.18 Å². The molecule has 1 atom stereocenters. The normalized spacial score (nSPS) is 17.7. The number of rotatable bonds is 13. The lowest BCUT2D eigenvalue weighted by atomic mass is 10.0. The van der Waals surface area contributed by atoms with E-state index in [1.807, 2.05) is 39.5 Å². The van der Waals surface area contributed by atoms with Crippen LogP contribution in [0.1, 0.15) is 48.1 Å². The van der Waals surface area contributed by atoms with Crippen molar-refractivity contribution in [1.29, 1.82) is 0 Å². The van der Waals surface area contributed by atoms with Crippen LogP contribution in [0.4, 0.5) is 18.9 Å². The van der Waals surface area contributed by atoms with Crippen LogP contribution in [0.25, 0.3) is 11.3 Å². The molecule has 7 rings (SSSR count). The molecule has 4 aromatic rings. The van der Waals surface area contributed by atoms with Crippen molar-refractivity contribution in [1.82, 2.24) is 23.9 Å². The molecule has 1 aromatic heterocycles. The Morgan fingerprint density at radius 1 is 1.00 bits per heavy atom. The maximum Gasteiger partial charge on any atom is 0.417 e. The molecule has 3 aliphatic rings. The molecule has 3 aliphatic heterocycles. The fourth-order valence-electron chi connectivity index (χ4n) is 7.62. The van der Waals surface area contributed by atoms with Crippen LogP contribution in [0.15, 0.2) is 77.7 Å². The SMILES string of the molecule is O=C(CSc1cc(-c2nn(CC(O)CN3CCC(N4CCCC4=O)CC3)c3c2CN(S)CC3)ccc1C(F)(F)F)Nc1ccc(OCc2ccccc2)cc1. The van der Waals surface area contributed by atoms with Crippen LogP contribution >= 0.6 is 24.6 Å². The quantitative estimate of drug-likeness (QED) is 0.104. The van der Waals surface area contributed by atoms with Crippen LogP contribution in [0.5, 0.6) is 5.75 Å². The highest BCUT2D eigenvalue weighted by atomic mass is 32.2. The second-order valence-corrected chi connectivity index (χ2v) is 15.9. The first-order valence-electron chi connectivity index (χ1n) is 18.6. The molecule has 10 nitrogen and oxygen atoms in total. The Morgan fingerprint density at radius 3 is 2.47 bits per heavy atom. The van der Waals surface area contributed by atoms with Crippen molar-refractivity contribution >= 4 is 42.1 Å². The van der Waals surface area contributed by atoms with E-state index in [0.29, 0.717) is 61.8 Å². The number of fused-ring (bicyclic) bond motifs is 1. The van der Waals surface area contributed by atoms with Gasteiger partial charge in [-0.15, -0.1) is 11.8 Å². The molecular formula is C40H45F3N6O4S2. The second kappa shape index (κ2) is 17.4. The molecule has 0 spiro atoms. The fourth-order valence-corrected chi connectivity index (χ4v) is 8.77. The number of likely N-dealkylation sites (tertiary alicyclic amines) is 2. The van der Waals surface area contributed by atoms with Gasteiger partial charge in [0.25, 0.3) is 0 Å². The van der Waals surface area contributed by atoms with Gasteiger partial charge < -0.3 is 25.0 Å². The van der Waals surface area contributed by atoms with Gasteiger partial charge in [0.2, 0.25) is 11.8 Å². The van der Waals surface area contributed by atoms with Crippen molar-refractivity contribution in [2.75, 3.05) is 43.8 Å². The number of benzene rings is 3. The number of thioether (sulfide) groups is 1. The van der Waals surface area contributed by atoms with Crippen molar-refractivity contribution in [2.24, 2.45) is 0 Å². The van der Waals surface area contributed by atoms with Crippen molar-refractivity contribution < 1.29 is 32.6 Å². The number of β-amino-alcohol motifs (C(OH)–C–C–N with tert-alkyl or cyclic N) is 1. The zero-order chi connectivity index (χ0) is 38.5. The van der Waals surface area contributed by atoms with E-state index in [4.69, 9.17) is 9.84 Å². The van der Waals surface area contributed by atoms with Crippen molar-refractivity contribution in [3.63, 3.8) is 0 Å². The Kier molecular flexibility index (Phi) is 12.4.